The van der Waals surface area contributed by atoms with E-state index in [1.54, 1.807) is 10.7 Å². The molecule has 0 atom stereocenters. The van der Waals surface area contributed by atoms with Gasteiger partial charge in [0.1, 0.15) is 11.3 Å². The van der Waals surface area contributed by atoms with Crippen LogP contribution in [0.2, 0.25) is 0 Å². The molecule has 3 aromatic rings. The Morgan fingerprint density at radius 3 is 2.90 bits per heavy atom. The molecule has 0 saturated carbocycles. The van der Waals surface area contributed by atoms with Gasteiger partial charge in [-0.2, -0.15) is 5.10 Å². The van der Waals surface area contributed by atoms with Gasteiger partial charge in [0.2, 0.25) is 0 Å². The van der Waals surface area contributed by atoms with E-state index in [1.807, 2.05) is 24.3 Å². The minimum Gasteiger partial charge on any atom is -0.478 e. The van der Waals surface area contributed by atoms with Gasteiger partial charge >= 0.3 is 5.97 Å². The molecule has 0 bridgehead atoms. The van der Waals surface area contributed by atoms with Gasteiger partial charge in [-0.15, -0.1) is 0 Å². The Bertz CT molecular complexity index is 778. The van der Waals surface area contributed by atoms with Crippen LogP contribution in [0.5, 0.6) is 0 Å². The molecule has 6 heteroatoms. The third-order valence-corrected chi connectivity index (χ3v) is 3.51. The van der Waals surface area contributed by atoms with Crippen molar-refractivity contribution in [3.8, 4) is 11.3 Å². The smallest absolute Gasteiger partial charge is 0.339 e. The number of halogens is 1. The van der Waals surface area contributed by atoms with Crippen LogP contribution >= 0.6 is 15.9 Å². The maximum absolute atomic E-state index is 11.3. The molecule has 0 aliphatic rings. The van der Waals surface area contributed by atoms with Crippen molar-refractivity contribution in [1.82, 2.24) is 9.78 Å². The second-order valence-electron chi connectivity index (χ2n) is 4.54. The Kier molecular flexibility index (Phi) is 3.62. The third kappa shape index (κ3) is 2.90. The first-order valence-electron chi connectivity index (χ1n) is 6.21. The predicted molar refractivity (Wildman–Crippen MR) is 80.1 cm³/mol. The topological polar surface area (TPSA) is 68.3 Å². The SMILES string of the molecule is O=C(O)c1cn(Cc2cccc(Br)c2)nc1-c1ccoc1. The fourth-order valence-corrected chi connectivity index (χ4v) is 2.54. The molecule has 3 rings (SSSR count). The van der Waals surface area contributed by atoms with Crippen LogP contribution < -0.4 is 0 Å². The van der Waals surface area contributed by atoms with E-state index in [9.17, 15) is 9.90 Å². The lowest BCUT2D eigenvalue weighted by molar-refractivity contribution is 0.0697. The summed E-state index contributed by atoms with van der Waals surface area (Å²) in [6.45, 7) is 0.498. The lowest BCUT2D eigenvalue weighted by Crippen LogP contribution is -2.00. The molecule has 2 heterocycles. The zero-order chi connectivity index (χ0) is 14.8. The van der Waals surface area contributed by atoms with Crippen LogP contribution in [0.25, 0.3) is 11.3 Å². The van der Waals surface area contributed by atoms with E-state index in [-0.39, 0.29) is 5.56 Å². The molecule has 2 aromatic heterocycles. The van der Waals surface area contributed by atoms with E-state index < -0.39 is 5.97 Å². The van der Waals surface area contributed by atoms with Gasteiger partial charge in [0.05, 0.1) is 19.1 Å². The quantitative estimate of drug-likeness (QED) is 0.782. The summed E-state index contributed by atoms with van der Waals surface area (Å²) in [7, 11) is 0. The standard InChI is InChI=1S/C15H11BrN2O3/c16-12-3-1-2-10(6-12)7-18-8-13(15(19)20)14(17-18)11-4-5-21-9-11/h1-6,8-9H,7H2,(H,19,20). The van der Waals surface area contributed by atoms with E-state index in [0.717, 1.165) is 10.0 Å². The average molecular weight is 347 g/mol. The highest BCUT2D eigenvalue weighted by atomic mass is 79.9. The van der Waals surface area contributed by atoms with E-state index >= 15 is 0 Å². The summed E-state index contributed by atoms with van der Waals surface area (Å²) in [5.41, 5.74) is 2.25. The van der Waals surface area contributed by atoms with Crippen molar-refractivity contribution in [1.29, 1.82) is 0 Å². The summed E-state index contributed by atoms with van der Waals surface area (Å²) >= 11 is 3.41. The number of carboxylic acids is 1. The molecule has 1 aromatic carbocycles. The van der Waals surface area contributed by atoms with Crippen LogP contribution in [0.4, 0.5) is 0 Å². The molecule has 0 fully saturated rings. The van der Waals surface area contributed by atoms with Gasteiger partial charge in [-0.25, -0.2) is 4.79 Å². The van der Waals surface area contributed by atoms with Crippen molar-refractivity contribution in [3.05, 3.63) is 64.7 Å². The Balaban J connectivity index is 1.97. The lowest BCUT2D eigenvalue weighted by Gasteiger charge is -2.02. The summed E-state index contributed by atoms with van der Waals surface area (Å²) in [4.78, 5) is 11.3. The molecule has 0 aliphatic carbocycles. The minimum atomic E-state index is -1.01. The second kappa shape index (κ2) is 5.57. The Morgan fingerprint density at radius 1 is 1.38 bits per heavy atom. The average Bonchev–Trinajstić information content (AvgIpc) is 3.06. The van der Waals surface area contributed by atoms with Gasteiger partial charge in [0, 0.05) is 16.2 Å². The molecule has 0 aliphatic heterocycles. The van der Waals surface area contributed by atoms with E-state index in [0.29, 0.717) is 17.8 Å². The number of carbonyl (C=O) groups is 1. The van der Waals surface area contributed by atoms with Gasteiger partial charge < -0.3 is 9.52 Å². The fraction of sp³-hybridized carbons (Fsp3) is 0.0667. The van der Waals surface area contributed by atoms with Gasteiger partial charge in [-0.3, -0.25) is 4.68 Å². The molecule has 0 spiro atoms. The van der Waals surface area contributed by atoms with Crippen LogP contribution in [0.15, 0.2) is 57.9 Å². The molecule has 1 N–H and O–H groups in total. The van der Waals surface area contributed by atoms with Gasteiger partial charge in [0.15, 0.2) is 0 Å². The van der Waals surface area contributed by atoms with Crippen molar-refractivity contribution in [2.45, 2.75) is 6.54 Å². The maximum atomic E-state index is 11.3. The van der Waals surface area contributed by atoms with Crippen LogP contribution in [0.3, 0.4) is 0 Å². The Morgan fingerprint density at radius 2 is 2.24 bits per heavy atom. The first kappa shape index (κ1) is 13.6. The number of nitrogens with zero attached hydrogens (tertiary/aromatic N) is 2. The van der Waals surface area contributed by atoms with Crippen molar-refractivity contribution in [2.75, 3.05) is 0 Å². The zero-order valence-electron chi connectivity index (χ0n) is 10.9. The van der Waals surface area contributed by atoms with Crippen molar-refractivity contribution < 1.29 is 14.3 Å². The van der Waals surface area contributed by atoms with Crippen LogP contribution in [0.1, 0.15) is 15.9 Å². The Labute approximate surface area is 129 Å². The van der Waals surface area contributed by atoms with Gasteiger partial charge in [0.25, 0.3) is 0 Å². The largest absolute Gasteiger partial charge is 0.478 e. The highest BCUT2D eigenvalue weighted by Gasteiger charge is 2.18. The number of benzene rings is 1. The summed E-state index contributed by atoms with van der Waals surface area (Å²) in [6.07, 6.45) is 4.51. The fourth-order valence-electron chi connectivity index (χ4n) is 2.09. The number of hydrogen-bond donors (Lipinski definition) is 1. The van der Waals surface area contributed by atoms with Gasteiger partial charge in [-0.1, -0.05) is 28.1 Å². The number of carboxylic acid groups (broad SMARTS) is 1. The number of furan rings is 1. The minimum absolute atomic E-state index is 0.159. The highest BCUT2D eigenvalue weighted by Crippen LogP contribution is 2.23. The number of rotatable bonds is 4. The summed E-state index contributed by atoms with van der Waals surface area (Å²) < 4.78 is 7.59. The maximum Gasteiger partial charge on any atom is 0.339 e. The number of aromatic carboxylic acids is 1. The number of hydrogen-bond acceptors (Lipinski definition) is 3. The first-order valence-corrected chi connectivity index (χ1v) is 7.00. The van der Waals surface area contributed by atoms with Crippen molar-refractivity contribution >= 4 is 21.9 Å². The normalized spacial score (nSPS) is 10.7. The van der Waals surface area contributed by atoms with Crippen molar-refractivity contribution in [3.63, 3.8) is 0 Å². The van der Waals surface area contributed by atoms with Crippen LogP contribution in [-0.4, -0.2) is 20.9 Å². The molecule has 21 heavy (non-hydrogen) atoms. The molecule has 5 nitrogen and oxygen atoms in total. The Hall–Kier alpha value is -2.34. The molecular formula is C15H11BrN2O3. The molecular weight excluding hydrogens is 336 g/mol. The van der Waals surface area contributed by atoms with Crippen LogP contribution in [0, 0.1) is 0 Å². The summed E-state index contributed by atoms with van der Waals surface area (Å²) in [5.74, 6) is -1.01. The lowest BCUT2D eigenvalue weighted by atomic mass is 10.1. The third-order valence-electron chi connectivity index (χ3n) is 3.02. The molecule has 0 unspecified atom stereocenters. The molecule has 0 radical (unpaired) electrons. The monoisotopic (exact) mass is 346 g/mol. The van der Waals surface area contributed by atoms with E-state index in [1.165, 1.54) is 18.7 Å². The highest BCUT2D eigenvalue weighted by molar-refractivity contribution is 9.10. The molecule has 106 valence electrons. The van der Waals surface area contributed by atoms with E-state index in [2.05, 4.69) is 21.0 Å². The number of aromatic nitrogens is 2. The zero-order valence-corrected chi connectivity index (χ0v) is 12.4. The van der Waals surface area contributed by atoms with Crippen LogP contribution in [-0.2, 0) is 6.54 Å². The summed E-state index contributed by atoms with van der Waals surface area (Å²) in [6, 6.07) is 9.49. The molecule has 0 saturated heterocycles. The predicted octanol–water partition coefficient (Wildman–Crippen LogP) is 3.65. The van der Waals surface area contributed by atoms with Crippen molar-refractivity contribution in [2.24, 2.45) is 0 Å². The van der Waals surface area contributed by atoms with E-state index in [4.69, 9.17) is 4.42 Å². The summed E-state index contributed by atoms with van der Waals surface area (Å²) in [5, 5.41) is 13.7. The van der Waals surface area contributed by atoms with Gasteiger partial charge in [-0.05, 0) is 23.8 Å². The second-order valence-corrected chi connectivity index (χ2v) is 5.45. The first-order chi connectivity index (χ1) is 10.1. The molecule has 0 amide bonds.